The van der Waals surface area contributed by atoms with Crippen LogP contribution in [-0.4, -0.2) is 35.1 Å². The summed E-state index contributed by atoms with van der Waals surface area (Å²) in [7, 11) is 0. The predicted molar refractivity (Wildman–Crippen MR) is 111 cm³/mol. The van der Waals surface area contributed by atoms with Crippen molar-refractivity contribution in [3.63, 3.8) is 0 Å². The quantitative estimate of drug-likeness (QED) is 0.559. The molecule has 0 saturated heterocycles. The van der Waals surface area contributed by atoms with Gasteiger partial charge in [0.2, 0.25) is 0 Å². The van der Waals surface area contributed by atoms with Crippen LogP contribution in [0.15, 0.2) is 42.5 Å². The van der Waals surface area contributed by atoms with E-state index < -0.39 is 5.97 Å². The molecule has 0 bridgehead atoms. The molecule has 2 aromatic rings. The number of nitriles is 1. The van der Waals surface area contributed by atoms with Crippen molar-refractivity contribution >= 4 is 23.8 Å². The summed E-state index contributed by atoms with van der Waals surface area (Å²) in [6.45, 7) is 6.10. The van der Waals surface area contributed by atoms with Gasteiger partial charge in [0.25, 0.3) is 0 Å². The smallest absolute Gasteiger partial charge is 0.339 e. The van der Waals surface area contributed by atoms with Gasteiger partial charge >= 0.3 is 5.97 Å². The van der Waals surface area contributed by atoms with Crippen LogP contribution in [0.3, 0.4) is 0 Å². The molecule has 0 aliphatic carbocycles. The molecule has 0 N–H and O–H groups in total. The summed E-state index contributed by atoms with van der Waals surface area (Å²) in [5.41, 5.74) is 4.03. The Bertz CT molecular complexity index is 1000. The monoisotopic (exact) mass is 393 g/mol. The number of aromatic nitrogens is 1. The van der Waals surface area contributed by atoms with Crippen LogP contribution < -0.4 is 0 Å². The fourth-order valence-corrected chi connectivity index (χ4v) is 3.67. The van der Waals surface area contributed by atoms with E-state index >= 15 is 0 Å². The fourth-order valence-electron chi connectivity index (χ4n) is 3.37. The van der Waals surface area contributed by atoms with E-state index in [2.05, 4.69) is 41.3 Å². The Morgan fingerprint density at radius 2 is 2.07 bits per heavy atom. The molecule has 5 nitrogen and oxygen atoms in total. The maximum atomic E-state index is 12.3. The summed E-state index contributed by atoms with van der Waals surface area (Å²) >= 11 is 5.50. The second-order valence-electron chi connectivity index (χ2n) is 6.69. The molecule has 1 aliphatic rings. The molecular formula is C22H23N3O2S. The number of hydrogen-bond acceptors (Lipinski definition) is 5. The van der Waals surface area contributed by atoms with E-state index in [4.69, 9.17) is 17.0 Å². The van der Waals surface area contributed by atoms with Gasteiger partial charge in [-0.05, 0) is 37.5 Å². The Morgan fingerprint density at radius 1 is 1.32 bits per heavy atom. The van der Waals surface area contributed by atoms with E-state index in [0.717, 1.165) is 25.2 Å². The third-order valence-electron chi connectivity index (χ3n) is 4.95. The molecule has 2 heterocycles. The molecule has 0 fully saturated rings. The van der Waals surface area contributed by atoms with E-state index in [1.807, 2.05) is 17.6 Å². The van der Waals surface area contributed by atoms with Crippen molar-refractivity contribution in [3.05, 3.63) is 69.5 Å². The Hall–Kier alpha value is -2.75. The lowest BCUT2D eigenvalue weighted by Gasteiger charge is -2.28. The lowest BCUT2D eigenvalue weighted by atomic mass is 10.00. The average Bonchev–Trinajstić information content (AvgIpc) is 2.72. The number of ether oxygens (including phenoxy) is 1. The standard InChI is InChI=1S/C22H23N3O2S/c1-3-27-22(26)20-13-19(14-23)21(28)25(16(20)2)15-24-11-9-18(10-12-24)17-7-5-4-6-8-17/h4-9,13H,3,10-12,15H2,1-2H3. The van der Waals surface area contributed by atoms with Gasteiger partial charge in [0, 0.05) is 18.8 Å². The molecule has 1 aromatic heterocycles. The van der Waals surface area contributed by atoms with Gasteiger partial charge < -0.3 is 9.30 Å². The Balaban J connectivity index is 1.86. The Kier molecular flexibility index (Phi) is 6.40. The first-order chi connectivity index (χ1) is 13.5. The third-order valence-corrected chi connectivity index (χ3v) is 5.39. The first kappa shape index (κ1) is 20.0. The van der Waals surface area contributed by atoms with E-state index in [-0.39, 0.29) is 6.61 Å². The fraction of sp³-hybridized carbons (Fsp3) is 0.318. The number of carbonyl (C=O) groups is 1. The summed E-state index contributed by atoms with van der Waals surface area (Å²) in [5.74, 6) is -0.426. The highest BCUT2D eigenvalue weighted by Crippen LogP contribution is 2.23. The minimum atomic E-state index is -0.426. The van der Waals surface area contributed by atoms with Crippen molar-refractivity contribution in [2.75, 3.05) is 19.7 Å². The van der Waals surface area contributed by atoms with Gasteiger partial charge in [-0.2, -0.15) is 5.26 Å². The van der Waals surface area contributed by atoms with Gasteiger partial charge in [0.05, 0.1) is 24.4 Å². The van der Waals surface area contributed by atoms with E-state index in [9.17, 15) is 10.1 Å². The molecule has 0 radical (unpaired) electrons. The number of rotatable bonds is 5. The molecule has 0 atom stereocenters. The summed E-state index contributed by atoms with van der Waals surface area (Å²) in [5, 5.41) is 9.43. The molecule has 0 amide bonds. The second kappa shape index (κ2) is 8.96. The molecule has 1 aromatic carbocycles. The number of carbonyl (C=O) groups excluding carboxylic acids is 1. The van der Waals surface area contributed by atoms with Gasteiger partial charge in [-0.1, -0.05) is 48.6 Å². The van der Waals surface area contributed by atoms with Crippen molar-refractivity contribution in [3.8, 4) is 6.07 Å². The van der Waals surface area contributed by atoms with Gasteiger partial charge in [0.15, 0.2) is 0 Å². The summed E-state index contributed by atoms with van der Waals surface area (Å²) in [6, 6.07) is 14.0. The van der Waals surface area contributed by atoms with E-state index in [1.165, 1.54) is 17.2 Å². The number of esters is 1. The van der Waals surface area contributed by atoms with Crippen LogP contribution in [0.1, 0.15) is 40.5 Å². The van der Waals surface area contributed by atoms with Crippen molar-refractivity contribution < 1.29 is 9.53 Å². The molecule has 1 aliphatic heterocycles. The van der Waals surface area contributed by atoms with Crippen molar-refractivity contribution in [1.29, 1.82) is 5.26 Å². The number of benzene rings is 1. The first-order valence-electron chi connectivity index (χ1n) is 9.33. The zero-order chi connectivity index (χ0) is 20.1. The van der Waals surface area contributed by atoms with Crippen LogP contribution in [0.2, 0.25) is 0 Å². The number of hydrogen-bond donors (Lipinski definition) is 0. The van der Waals surface area contributed by atoms with Crippen LogP contribution in [-0.2, 0) is 11.4 Å². The van der Waals surface area contributed by atoms with Crippen LogP contribution in [0, 0.1) is 22.9 Å². The SMILES string of the molecule is CCOC(=O)c1cc(C#N)c(=S)n(CN2CC=C(c3ccccc3)CC2)c1C. The summed E-state index contributed by atoms with van der Waals surface area (Å²) < 4.78 is 7.45. The molecule has 0 spiro atoms. The largest absolute Gasteiger partial charge is 0.462 e. The normalized spacial score (nSPS) is 14.2. The molecule has 6 heteroatoms. The van der Waals surface area contributed by atoms with Crippen LogP contribution >= 0.6 is 12.2 Å². The van der Waals surface area contributed by atoms with E-state index in [1.54, 1.807) is 6.92 Å². The number of nitrogens with zero attached hydrogens (tertiary/aromatic N) is 3. The molecular weight excluding hydrogens is 370 g/mol. The highest BCUT2D eigenvalue weighted by molar-refractivity contribution is 7.71. The zero-order valence-electron chi connectivity index (χ0n) is 16.1. The molecule has 0 saturated carbocycles. The first-order valence-corrected chi connectivity index (χ1v) is 9.74. The van der Waals surface area contributed by atoms with E-state index in [0.29, 0.717) is 22.4 Å². The maximum Gasteiger partial charge on any atom is 0.339 e. The van der Waals surface area contributed by atoms with Gasteiger partial charge in [0.1, 0.15) is 10.7 Å². The second-order valence-corrected chi connectivity index (χ2v) is 7.07. The minimum absolute atomic E-state index is 0.287. The lowest BCUT2D eigenvalue weighted by molar-refractivity contribution is 0.0523. The van der Waals surface area contributed by atoms with Gasteiger partial charge in [-0.15, -0.1) is 0 Å². The maximum absolute atomic E-state index is 12.3. The summed E-state index contributed by atoms with van der Waals surface area (Å²) in [4.78, 5) is 14.5. The van der Waals surface area contributed by atoms with Crippen molar-refractivity contribution in [1.82, 2.24) is 9.47 Å². The topological polar surface area (TPSA) is 58.3 Å². The molecule has 3 rings (SSSR count). The Labute approximate surface area is 170 Å². The van der Waals surface area contributed by atoms with Gasteiger partial charge in [-0.25, -0.2) is 4.79 Å². The predicted octanol–water partition coefficient (Wildman–Crippen LogP) is 4.32. The summed E-state index contributed by atoms with van der Waals surface area (Å²) in [6.07, 6.45) is 3.18. The Morgan fingerprint density at radius 3 is 2.68 bits per heavy atom. The minimum Gasteiger partial charge on any atom is -0.462 e. The van der Waals surface area contributed by atoms with Crippen LogP contribution in [0.25, 0.3) is 5.57 Å². The average molecular weight is 394 g/mol. The molecule has 144 valence electrons. The van der Waals surface area contributed by atoms with Crippen LogP contribution in [0.5, 0.6) is 0 Å². The third kappa shape index (κ3) is 4.22. The molecule has 28 heavy (non-hydrogen) atoms. The molecule has 0 unspecified atom stereocenters. The lowest BCUT2D eigenvalue weighted by Crippen LogP contribution is -2.32. The van der Waals surface area contributed by atoms with Crippen molar-refractivity contribution in [2.45, 2.75) is 26.9 Å². The highest BCUT2D eigenvalue weighted by Gasteiger charge is 2.19. The van der Waals surface area contributed by atoms with Gasteiger partial charge in [-0.3, -0.25) is 4.90 Å². The number of pyridine rings is 1. The highest BCUT2D eigenvalue weighted by atomic mass is 32.1. The van der Waals surface area contributed by atoms with Crippen LogP contribution in [0.4, 0.5) is 0 Å². The zero-order valence-corrected chi connectivity index (χ0v) is 17.0. The van der Waals surface area contributed by atoms with Crippen molar-refractivity contribution in [2.24, 2.45) is 0 Å².